The summed E-state index contributed by atoms with van der Waals surface area (Å²) in [7, 11) is 3.62. The molecule has 0 radical (unpaired) electrons. The van der Waals surface area contributed by atoms with Crippen LogP contribution in [0.5, 0.6) is 0 Å². The van der Waals surface area contributed by atoms with E-state index in [0.29, 0.717) is 17.2 Å². The molecule has 0 aliphatic heterocycles. The van der Waals surface area contributed by atoms with Crippen molar-refractivity contribution in [1.29, 1.82) is 0 Å². The van der Waals surface area contributed by atoms with Crippen molar-refractivity contribution in [1.82, 2.24) is 29.2 Å². The van der Waals surface area contributed by atoms with Crippen LogP contribution in [-0.4, -0.2) is 55.3 Å². The number of H-pyrrole nitrogens is 1. The van der Waals surface area contributed by atoms with E-state index in [1.54, 1.807) is 27.9 Å². The summed E-state index contributed by atoms with van der Waals surface area (Å²) in [5, 5.41) is 4.22. The molecular formula is C22H24FN7O. The molecule has 5 rings (SSSR count). The van der Waals surface area contributed by atoms with Crippen molar-refractivity contribution in [3.05, 3.63) is 42.9 Å². The molecule has 1 aliphatic rings. The minimum absolute atomic E-state index is 0.107. The molecule has 4 heterocycles. The second-order valence-corrected chi connectivity index (χ2v) is 8.32. The Morgan fingerprint density at radius 2 is 2.06 bits per heavy atom. The lowest BCUT2D eigenvalue weighted by Gasteiger charge is -2.29. The van der Waals surface area contributed by atoms with Crippen LogP contribution < -0.4 is 5.32 Å². The first-order chi connectivity index (χ1) is 15.0. The summed E-state index contributed by atoms with van der Waals surface area (Å²) >= 11 is 0. The maximum absolute atomic E-state index is 14.4. The van der Waals surface area contributed by atoms with Crippen LogP contribution in [0.2, 0.25) is 0 Å². The monoisotopic (exact) mass is 421 g/mol. The molecule has 0 saturated heterocycles. The molecule has 1 fully saturated rings. The first-order valence-corrected chi connectivity index (χ1v) is 10.4. The van der Waals surface area contributed by atoms with Crippen LogP contribution in [-0.2, 0) is 4.79 Å². The number of amides is 1. The largest absolute Gasteiger partial charge is 0.351 e. The molecule has 160 valence electrons. The van der Waals surface area contributed by atoms with Gasteiger partial charge in [0, 0.05) is 73.6 Å². The van der Waals surface area contributed by atoms with Gasteiger partial charge >= 0.3 is 0 Å². The summed E-state index contributed by atoms with van der Waals surface area (Å²) in [5.41, 5.74) is 2.55. The lowest BCUT2D eigenvalue weighted by atomic mass is 9.85. The van der Waals surface area contributed by atoms with Gasteiger partial charge < -0.3 is 19.6 Å². The molecule has 4 aromatic rings. The molecule has 1 saturated carbocycles. The van der Waals surface area contributed by atoms with Crippen molar-refractivity contribution in [2.45, 2.75) is 31.7 Å². The van der Waals surface area contributed by atoms with Gasteiger partial charge in [-0.25, -0.2) is 14.4 Å². The van der Waals surface area contributed by atoms with E-state index >= 15 is 0 Å². The number of carbonyl (C=O) groups excluding carboxylic acids is 1. The average Bonchev–Trinajstić information content (AvgIpc) is 3.40. The number of pyridine rings is 1. The second-order valence-electron chi connectivity index (χ2n) is 8.32. The van der Waals surface area contributed by atoms with E-state index in [0.717, 1.165) is 42.2 Å². The zero-order chi connectivity index (χ0) is 21.5. The minimum atomic E-state index is -0.376. The first kappa shape index (κ1) is 19.5. The molecule has 0 spiro atoms. The molecule has 8 nitrogen and oxygen atoms in total. The zero-order valence-corrected chi connectivity index (χ0v) is 17.5. The number of halogens is 1. The Kier molecular flexibility index (Phi) is 4.80. The Morgan fingerprint density at radius 3 is 2.84 bits per heavy atom. The Hall–Kier alpha value is -3.49. The fourth-order valence-corrected chi connectivity index (χ4v) is 4.39. The molecule has 2 N–H and O–H groups in total. The van der Waals surface area contributed by atoms with Gasteiger partial charge in [0.1, 0.15) is 5.65 Å². The van der Waals surface area contributed by atoms with Crippen molar-refractivity contribution in [2.24, 2.45) is 5.92 Å². The molecule has 1 aliphatic carbocycles. The number of aromatic amines is 1. The topological polar surface area (TPSA) is 91.2 Å². The van der Waals surface area contributed by atoms with Gasteiger partial charge in [-0.3, -0.25) is 4.79 Å². The van der Waals surface area contributed by atoms with Gasteiger partial charge in [-0.05, 0) is 31.7 Å². The first-order valence-electron chi connectivity index (χ1n) is 10.4. The Balaban J connectivity index is 1.33. The zero-order valence-electron chi connectivity index (χ0n) is 17.5. The molecule has 9 heteroatoms. The number of hydrogen-bond donors (Lipinski definition) is 2. The van der Waals surface area contributed by atoms with Crippen LogP contribution in [0.4, 0.5) is 10.3 Å². The Labute approximate surface area is 178 Å². The summed E-state index contributed by atoms with van der Waals surface area (Å²) in [4.78, 5) is 30.1. The number of imidazole rings is 1. The standard InChI is InChI=1S/C22H24FN7O/c1-29(2)21(31)13-3-5-15(6-4-13)27-22-26-11-17-16(10-25-19(17)28-22)14-9-18(23)20-24-7-8-30(20)12-14/h7-13,15H,3-6H2,1-2H3,(H2,25,26,27,28)/t13-,15+. The van der Waals surface area contributed by atoms with E-state index in [9.17, 15) is 9.18 Å². The molecule has 0 aromatic carbocycles. The minimum Gasteiger partial charge on any atom is -0.351 e. The van der Waals surface area contributed by atoms with Gasteiger partial charge in [0.05, 0.1) is 0 Å². The van der Waals surface area contributed by atoms with Crippen LogP contribution >= 0.6 is 0 Å². The lowest BCUT2D eigenvalue weighted by Crippen LogP contribution is -2.35. The lowest BCUT2D eigenvalue weighted by molar-refractivity contribution is -0.133. The maximum Gasteiger partial charge on any atom is 0.225 e. The van der Waals surface area contributed by atoms with Crippen LogP contribution in [0, 0.1) is 11.7 Å². The highest BCUT2D eigenvalue weighted by Gasteiger charge is 2.27. The highest BCUT2D eigenvalue weighted by molar-refractivity contribution is 5.93. The summed E-state index contributed by atoms with van der Waals surface area (Å²) in [6.45, 7) is 0. The number of hydrogen-bond acceptors (Lipinski definition) is 5. The Morgan fingerprint density at radius 1 is 1.26 bits per heavy atom. The molecule has 0 unspecified atom stereocenters. The number of aromatic nitrogens is 5. The third-order valence-electron chi connectivity index (χ3n) is 6.04. The van der Waals surface area contributed by atoms with Gasteiger partial charge in [0.15, 0.2) is 11.5 Å². The highest BCUT2D eigenvalue weighted by atomic mass is 19.1. The van der Waals surface area contributed by atoms with Crippen molar-refractivity contribution in [3.8, 4) is 11.1 Å². The van der Waals surface area contributed by atoms with Crippen molar-refractivity contribution >= 4 is 28.5 Å². The van der Waals surface area contributed by atoms with Gasteiger partial charge in [0.2, 0.25) is 11.9 Å². The smallest absolute Gasteiger partial charge is 0.225 e. The van der Waals surface area contributed by atoms with Crippen molar-refractivity contribution in [3.63, 3.8) is 0 Å². The van der Waals surface area contributed by atoms with Crippen molar-refractivity contribution < 1.29 is 9.18 Å². The van der Waals surface area contributed by atoms with Crippen LogP contribution in [0.1, 0.15) is 25.7 Å². The van der Waals surface area contributed by atoms with Crippen LogP contribution in [0.25, 0.3) is 27.8 Å². The number of anilines is 1. The third kappa shape index (κ3) is 3.60. The fraction of sp³-hybridized carbons (Fsp3) is 0.364. The number of nitrogens with zero attached hydrogens (tertiary/aromatic N) is 5. The number of nitrogens with one attached hydrogen (secondary N) is 2. The van der Waals surface area contributed by atoms with Gasteiger partial charge in [0.25, 0.3) is 0 Å². The molecular weight excluding hydrogens is 397 g/mol. The summed E-state index contributed by atoms with van der Waals surface area (Å²) < 4.78 is 16.0. The predicted molar refractivity (Wildman–Crippen MR) is 116 cm³/mol. The molecule has 1 amide bonds. The van der Waals surface area contributed by atoms with Gasteiger partial charge in [-0.1, -0.05) is 0 Å². The molecule has 0 bridgehead atoms. The summed E-state index contributed by atoms with van der Waals surface area (Å²) in [6.07, 6.45) is 12.3. The van der Waals surface area contributed by atoms with Gasteiger partial charge in [-0.15, -0.1) is 0 Å². The SMILES string of the molecule is CN(C)C(=O)[C@H]1CC[C@@H](Nc2ncc3c(-c4cc(F)c5nccn5c4)c[nH]c3n2)CC1. The fourth-order valence-electron chi connectivity index (χ4n) is 4.39. The average molecular weight is 421 g/mol. The molecule has 31 heavy (non-hydrogen) atoms. The highest BCUT2D eigenvalue weighted by Crippen LogP contribution is 2.30. The Bertz CT molecular complexity index is 1250. The summed E-state index contributed by atoms with van der Waals surface area (Å²) in [6, 6.07) is 1.72. The second kappa shape index (κ2) is 7.64. The maximum atomic E-state index is 14.4. The van der Waals surface area contributed by atoms with E-state index in [4.69, 9.17) is 0 Å². The van der Waals surface area contributed by atoms with Crippen LogP contribution in [0.15, 0.2) is 37.1 Å². The third-order valence-corrected chi connectivity index (χ3v) is 6.04. The summed E-state index contributed by atoms with van der Waals surface area (Å²) in [5.74, 6) is 0.495. The van der Waals surface area contributed by atoms with Crippen LogP contribution in [0.3, 0.4) is 0 Å². The number of rotatable bonds is 4. The van der Waals surface area contributed by atoms with E-state index in [1.165, 1.54) is 6.07 Å². The van der Waals surface area contributed by atoms with E-state index in [2.05, 4.69) is 25.3 Å². The number of carbonyl (C=O) groups is 1. The van der Waals surface area contributed by atoms with E-state index < -0.39 is 0 Å². The van der Waals surface area contributed by atoms with Crippen molar-refractivity contribution in [2.75, 3.05) is 19.4 Å². The normalized spacial score (nSPS) is 19.1. The predicted octanol–water partition coefficient (Wildman–Crippen LogP) is 3.47. The number of fused-ring (bicyclic) bond motifs is 2. The molecule has 4 aromatic heterocycles. The van der Waals surface area contributed by atoms with E-state index in [-0.39, 0.29) is 23.7 Å². The van der Waals surface area contributed by atoms with E-state index in [1.807, 2.05) is 26.5 Å². The van der Waals surface area contributed by atoms with Gasteiger partial charge in [-0.2, -0.15) is 4.98 Å². The quantitative estimate of drug-likeness (QED) is 0.527. The molecule has 0 atom stereocenters.